The third-order valence-electron chi connectivity index (χ3n) is 12.9. The molecule has 0 unspecified atom stereocenters. The highest BCUT2D eigenvalue weighted by molar-refractivity contribution is 7.99. The van der Waals surface area contributed by atoms with Crippen molar-refractivity contribution in [3.63, 3.8) is 0 Å². The minimum atomic E-state index is -0.160. The van der Waals surface area contributed by atoms with Gasteiger partial charge in [0.2, 0.25) is 11.8 Å². The monoisotopic (exact) mass is 852 g/mol. The number of aryl methyl sites for hydroxylation is 2. The maximum absolute atomic E-state index is 13.4. The Bertz CT molecular complexity index is 2060. The van der Waals surface area contributed by atoms with E-state index >= 15 is 0 Å². The lowest BCUT2D eigenvalue weighted by molar-refractivity contribution is -0.131. The molecule has 5 fully saturated rings. The summed E-state index contributed by atoms with van der Waals surface area (Å²) < 4.78 is 4.19. The van der Waals surface area contributed by atoms with E-state index in [1.807, 2.05) is 40.6 Å². The van der Waals surface area contributed by atoms with Crippen molar-refractivity contribution in [1.82, 2.24) is 50.2 Å². The lowest BCUT2D eigenvalue weighted by Gasteiger charge is -2.39. The van der Waals surface area contributed by atoms with Gasteiger partial charge in [0.15, 0.2) is 0 Å². The van der Waals surface area contributed by atoms with Crippen molar-refractivity contribution >= 4 is 47.0 Å². The molecule has 0 bridgehead atoms. The first kappa shape index (κ1) is 41.3. The number of thioether (sulfide) groups is 2. The Hall–Kier alpha value is -4.06. The molecule has 5 saturated heterocycles. The molecule has 2 aromatic heterocycles. The Kier molecular flexibility index (Phi) is 13.0. The molecule has 0 saturated carbocycles. The largest absolute Gasteiger partial charge is 0.354 e. The maximum Gasteiger partial charge on any atom is 0.240 e. The van der Waals surface area contributed by atoms with Crippen molar-refractivity contribution in [2.45, 2.75) is 56.6 Å². The zero-order valence-electron chi connectivity index (χ0n) is 35.0. The number of aromatic nitrogens is 4. The van der Waals surface area contributed by atoms with Crippen LogP contribution in [0.5, 0.6) is 0 Å². The first-order valence-electron chi connectivity index (χ1n) is 21.8. The summed E-state index contributed by atoms with van der Waals surface area (Å²) in [6, 6.07) is 23.5. The van der Waals surface area contributed by atoms with Crippen LogP contribution in [0.2, 0.25) is 0 Å². The van der Waals surface area contributed by atoms with Crippen LogP contribution >= 0.6 is 23.5 Å². The van der Waals surface area contributed by atoms with Gasteiger partial charge in [-0.2, -0.15) is 22.0 Å². The van der Waals surface area contributed by atoms with Crippen molar-refractivity contribution in [3.05, 3.63) is 83.7 Å². The van der Waals surface area contributed by atoms with Gasteiger partial charge in [-0.15, -0.1) is 11.8 Å². The standard InChI is InChI=1S/C44H60N12O2S2/c1-32-25-41(55(48-32)34-9-5-3-6-10-34)52-18-14-50(15-19-52)36-26-39(46-28-36)42(57)45-13-23-59-30-38-33(2)49-56(35-11-7-4-8-12-35)43(38)53-20-16-51(17-21-53)37-27-40(47-29-37)44(58)54-22-24-60-31-54/h3-12,25,36-37,39-40,46-47H,13-24,26-31H2,1-2H3,(H,45,57)/t36-,37-,39-,40-/m0/s1. The van der Waals surface area contributed by atoms with Gasteiger partial charge in [0.05, 0.1) is 40.7 Å². The molecule has 4 aromatic rings. The molecule has 4 atom stereocenters. The number of nitrogens with zero attached hydrogens (tertiary/aromatic N) is 9. The van der Waals surface area contributed by atoms with Gasteiger partial charge < -0.3 is 30.7 Å². The number of piperazine rings is 2. The van der Waals surface area contributed by atoms with Gasteiger partial charge in [-0.25, -0.2) is 9.36 Å². The summed E-state index contributed by atoms with van der Waals surface area (Å²) in [4.78, 5) is 38.5. The lowest BCUT2D eigenvalue weighted by atomic mass is 10.1. The number of carbonyl (C=O) groups is 2. The van der Waals surface area contributed by atoms with Gasteiger partial charge in [0, 0.05) is 120 Å². The average molecular weight is 853 g/mol. The number of benzene rings is 2. The quantitative estimate of drug-likeness (QED) is 0.172. The molecule has 16 heteroatoms. The van der Waals surface area contributed by atoms with Gasteiger partial charge in [-0.1, -0.05) is 36.4 Å². The topological polar surface area (TPSA) is 122 Å². The number of carbonyl (C=O) groups excluding carboxylic acids is 2. The van der Waals surface area contributed by atoms with E-state index in [2.05, 4.69) is 113 Å². The molecule has 2 aromatic carbocycles. The van der Waals surface area contributed by atoms with Crippen LogP contribution in [0.25, 0.3) is 11.4 Å². The number of para-hydroxylation sites is 2. The second-order valence-corrected chi connectivity index (χ2v) is 18.9. The number of hydrogen-bond acceptors (Lipinski definition) is 12. The van der Waals surface area contributed by atoms with E-state index in [1.54, 1.807) is 0 Å². The van der Waals surface area contributed by atoms with Crippen LogP contribution in [-0.2, 0) is 15.3 Å². The zero-order chi connectivity index (χ0) is 41.0. The molecule has 9 rings (SSSR count). The number of nitrogens with one attached hydrogen (secondary N) is 3. The Morgan fingerprint density at radius 3 is 2.03 bits per heavy atom. The van der Waals surface area contributed by atoms with Crippen LogP contribution in [-0.4, -0.2) is 166 Å². The minimum absolute atomic E-state index is 0.0613. The summed E-state index contributed by atoms with van der Waals surface area (Å²) in [7, 11) is 0. The van der Waals surface area contributed by atoms with Crippen molar-refractivity contribution in [1.29, 1.82) is 0 Å². The first-order valence-corrected chi connectivity index (χ1v) is 24.1. The molecule has 5 aliphatic heterocycles. The average Bonchev–Trinajstić information content (AvgIpc) is 4.15. The summed E-state index contributed by atoms with van der Waals surface area (Å²) in [6.45, 7) is 14.9. The number of rotatable bonds is 13. The van der Waals surface area contributed by atoms with Gasteiger partial charge in [-0.05, 0) is 51.0 Å². The molecular weight excluding hydrogens is 793 g/mol. The van der Waals surface area contributed by atoms with Gasteiger partial charge >= 0.3 is 0 Å². The van der Waals surface area contributed by atoms with Crippen molar-refractivity contribution in [2.75, 3.05) is 106 Å². The first-order chi connectivity index (χ1) is 29.4. The molecule has 2 amide bonds. The highest BCUT2D eigenvalue weighted by atomic mass is 32.2. The fourth-order valence-corrected chi connectivity index (χ4v) is 11.5. The smallest absolute Gasteiger partial charge is 0.240 e. The third kappa shape index (κ3) is 9.09. The molecule has 0 radical (unpaired) electrons. The molecule has 0 spiro atoms. The highest BCUT2D eigenvalue weighted by Gasteiger charge is 2.38. The van der Waals surface area contributed by atoms with E-state index in [0.29, 0.717) is 18.6 Å². The van der Waals surface area contributed by atoms with E-state index < -0.39 is 0 Å². The number of amides is 2. The Balaban J connectivity index is 0.743. The second-order valence-electron chi connectivity index (χ2n) is 16.8. The molecular formula is C44H60N12O2S2. The molecule has 5 aliphatic rings. The Morgan fingerprint density at radius 1 is 0.767 bits per heavy atom. The predicted octanol–water partition coefficient (Wildman–Crippen LogP) is 2.96. The third-order valence-corrected chi connectivity index (χ3v) is 14.9. The lowest BCUT2D eigenvalue weighted by Crippen LogP contribution is -2.51. The van der Waals surface area contributed by atoms with Gasteiger partial charge in [0.1, 0.15) is 11.6 Å². The minimum Gasteiger partial charge on any atom is -0.354 e. The summed E-state index contributed by atoms with van der Waals surface area (Å²) in [5.74, 6) is 6.23. The van der Waals surface area contributed by atoms with E-state index in [1.165, 1.54) is 11.4 Å². The SMILES string of the molecule is Cc1cc(N2CCN([C@@H]3CN[C@H](C(=O)NCCSCc4c(C)nn(-c5ccccc5)c4N4CCN([C@@H]5CN[C@H](C(=O)N6CCSC6)C5)CC4)C3)CC2)n(-c2ccccc2)n1. The van der Waals surface area contributed by atoms with Crippen molar-refractivity contribution in [2.24, 2.45) is 0 Å². The van der Waals surface area contributed by atoms with Crippen LogP contribution in [0.4, 0.5) is 11.6 Å². The van der Waals surface area contributed by atoms with E-state index in [9.17, 15) is 9.59 Å². The molecule has 14 nitrogen and oxygen atoms in total. The van der Waals surface area contributed by atoms with Gasteiger partial charge in [0.25, 0.3) is 0 Å². The molecule has 7 heterocycles. The maximum atomic E-state index is 13.4. The van der Waals surface area contributed by atoms with E-state index in [0.717, 1.165) is 137 Å². The normalized spacial score (nSPS) is 24.1. The van der Waals surface area contributed by atoms with E-state index in [4.69, 9.17) is 10.2 Å². The molecule has 3 N–H and O–H groups in total. The van der Waals surface area contributed by atoms with Gasteiger partial charge in [-0.3, -0.25) is 19.4 Å². The number of anilines is 2. The zero-order valence-corrected chi connectivity index (χ0v) is 36.7. The van der Waals surface area contributed by atoms with Crippen molar-refractivity contribution < 1.29 is 9.59 Å². The van der Waals surface area contributed by atoms with Crippen LogP contribution < -0.4 is 25.8 Å². The summed E-state index contributed by atoms with van der Waals surface area (Å²) in [5, 5.41) is 20.2. The fourth-order valence-electron chi connectivity index (χ4n) is 9.61. The summed E-state index contributed by atoms with van der Waals surface area (Å²) in [6.07, 6.45) is 1.72. The summed E-state index contributed by atoms with van der Waals surface area (Å²) in [5.41, 5.74) is 5.48. The van der Waals surface area contributed by atoms with Crippen LogP contribution in [0.15, 0.2) is 66.7 Å². The summed E-state index contributed by atoms with van der Waals surface area (Å²) >= 11 is 3.70. The van der Waals surface area contributed by atoms with Crippen LogP contribution in [0, 0.1) is 13.8 Å². The van der Waals surface area contributed by atoms with Crippen molar-refractivity contribution in [3.8, 4) is 11.4 Å². The van der Waals surface area contributed by atoms with Crippen LogP contribution in [0.1, 0.15) is 29.8 Å². The molecule has 0 aliphatic carbocycles. The van der Waals surface area contributed by atoms with Crippen LogP contribution in [0.3, 0.4) is 0 Å². The second kappa shape index (κ2) is 18.9. The molecule has 320 valence electrons. The highest BCUT2D eigenvalue weighted by Crippen LogP contribution is 2.32. The predicted molar refractivity (Wildman–Crippen MR) is 243 cm³/mol. The van der Waals surface area contributed by atoms with E-state index in [-0.39, 0.29) is 23.9 Å². The Labute approximate surface area is 362 Å². The number of hydrogen-bond donors (Lipinski definition) is 3. The molecule has 60 heavy (non-hydrogen) atoms. The fraction of sp³-hybridized carbons (Fsp3) is 0.545. The Morgan fingerprint density at radius 2 is 1.38 bits per heavy atom.